The van der Waals surface area contributed by atoms with Crippen LogP contribution in [0, 0.1) is 11.8 Å². The van der Waals surface area contributed by atoms with E-state index in [-0.39, 0.29) is 11.8 Å². The van der Waals surface area contributed by atoms with Crippen LogP contribution in [0.5, 0.6) is 0 Å². The lowest BCUT2D eigenvalue weighted by molar-refractivity contribution is -0.125. The van der Waals surface area contributed by atoms with Crippen molar-refractivity contribution in [3.8, 4) is 0 Å². The fourth-order valence-electron chi connectivity index (χ4n) is 2.90. The highest BCUT2D eigenvalue weighted by atomic mass is 16.2. The van der Waals surface area contributed by atoms with E-state index >= 15 is 0 Å². The first-order chi connectivity index (χ1) is 8.77. The van der Waals surface area contributed by atoms with E-state index in [0.717, 1.165) is 31.6 Å². The fraction of sp³-hybridized carbons (Fsp3) is 0.857. The lowest BCUT2D eigenvalue weighted by Crippen LogP contribution is -2.35. The summed E-state index contributed by atoms with van der Waals surface area (Å²) in [7, 11) is 0. The molecule has 4 nitrogen and oxygen atoms in total. The Morgan fingerprint density at radius 3 is 2.50 bits per heavy atom. The van der Waals surface area contributed by atoms with E-state index < -0.39 is 0 Å². The molecule has 0 aromatic carbocycles. The molecule has 4 heteroatoms. The van der Waals surface area contributed by atoms with Gasteiger partial charge in [-0.1, -0.05) is 19.3 Å². The summed E-state index contributed by atoms with van der Waals surface area (Å²) in [5.41, 5.74) is 3.83. The Kier molecular flexibility index (Phi) is 5.17. The Morgan fingerprint density at radius 1 is 1.11 bits per heavy atom. The van der Waals surface area contributed by atoms with Crippen molar-refractivity contribution in [2.24, 2.45) is 16.9 Å². The van der Waals surface area contributed by atoms with Gasteiger partial charge in [-0.2, -0.15) is 5.10 Å². The molecule has 1 atom stereocenters. The van der Waals surface area contributed by atoms with Crippen LogP contribution in [0.3, 0.4) is 0 Å². The Morgan fingerprint density at radius 2 is 1.83 bits per heavy atom. The Hall–Kier alpha value is -0.900. The van der Waals surface area contributed by atoms with E-state index in [4.69, 9.17) is 0 Å². The molecule has 2 fully saturated rings. The van der Waals surface area contributed by atoms with Crippen molar-refractivity contribution in [1.82, 2.24) is 10.7 Å². The van der Waals surface area contributed by atoms with Gasteiger partial charge in [0.1, 0.15) is 0 Å². The Balaban J connectivity index is 1.79. The maximum Gasteiger partial charge on any atom is 0.243 e. The van der Waals surface area contributed by atoms with Gasteiger partial charge in [0.15, 0.2) is 0 Å². The van der Waals surface area contributed by atoms with Gasteiger partial charge in [0.05, 0.1) is 0 Å². The third-order valence-electron chi connectivity index (χ3n) is 4.21. The summed E-state index contributed by atoms with van der Waals surface area (Å²) in [6, 6.07) is 0. The van der Waals surface area contributed by atoms with Crippen molar-refractivity contribution in [2.75, 3.05) is 13.1 Å². The summed E-state index contributed by atoms with van der Waals surface area (Å²) in [4.78, 5) is 12.0. The molecule has 2 aliphatic rings. The molecule has 0 aromatic rings. The minimum atomic E-state index is 0.123. The van der Waals surface area contributed by atoms with Gasteiger partial charge >= 0.3 is 0 Å². The first-order valence-corrected chi connectivity index (χ1v) is 7.32. The van der Waals surface area contributed by atoms with E-state index in [9.17, 15) is 4.79 Å². The number of piperidine rings is 1. The number of carbonyl (C=O) groups is 1. The summed E-state index contributed by atoms with van der Waals surface area (Å²) < 4.78 is 0. The van der Waals surface area contributed by atoms with Crippen LogP contribution in [0.2, 0.25) is 0 Å². The molecule has 1 unspecified atom stereocenters. The van der Waals surface area contributed by atoms with E-state index in [1.165, 1.54) is 32.1 Å². The lowest BCUT2D eigenvalue weighted by Gasteiger charge is -2.23. The Labute approximate surface area is 110 Å². The normalized spacial score (nSPS) is 26.9. The standard InChI is InChI=1S/C14H25N3O/c1-11(13-8-5-9-15-10-13)16-17-14(18)12-6-3-2-4-7-12/h12-13,15H,2-10H2,1H3,(H,17,18)/b16-11+. The molecule has 2 N–H and O–H groups in total. The topological polar surface area (TPSA) is 53.5 Å². The van der Waals surface area contributed by atoms with Crippen molar-refractivity contribution in [3.05, 3.63) is 0 Å². The van der Waals surface area contributed by atoms with Gasteiger partial charge in [0, 0.05) is 24.1 Å². The van der Waals surface area contributed by atoms with Crippen molar-refractivity contribution >= 4 is 11.6 Å². The molecule has 0 aromatic heterocycles. The average Bonchev–Trinajstić information content (AvgIpc) is 2.46. The van der Waals surface area contributed by atoms with Crippen LogP contribution in [-0.2, 0) is 4.79 Å². The summed E-state index contributed by atoms with van der Waals surface area (Å²) in [5, 5.41) is 7.67. The molecule has 1 aliphatic heterocycles. The largest absolute Gasteiger partial charge is 0.316 e. The van der Waals surface area contributed by atoms with E-state index in [2.05, 4.69) is 15.8 Å². The van der Waals surface area contributed by atoms with Crippen molar-refractivity contribution in [3.63, 3.8) is 0 Å². The monoisotopic (exact) mass is 251 g/mol. The number of nitrogens with one attached hydrogen (secondary N) is 2. The number of amides is 1. The van der Waals surface area contributed by atoms with Crippen LogP contribution in [0.1, 0.15) is 51.9 Å². The van der Waals surface area contributed by atoms with Gasteiger partial charge in [-0.05, 0) is 39.2 Å². The second kappa shape index (κ2) is 6.88. The number of nitrogens with zero attached hydrogens (tertiary/aromatic N) is 1. The highest BCUT2D eigenvalue weighted by Crippen LogP contribution is 2.23. The molecule has 0 radical (unpaired) electrons. The van der Waals surface area contributed by atoms with Crippen molar-refractivity contribution in [2.45, 2.75) is 51.9 Å². The fourth-order valence-corrected chi connectivity index (χ4v) is 2.90. The van der Waals surface area contributed by atoms with Crippen LogP contribution in [0.4, 0.5) is 0 Å². The van der Waals surface area contributed by atoms with Crippen LogP contribution in [0.15, 0.2) is 5.10 Å². The van der Waals surface area contributed by atoms with Gasteiger partial charge in [-0.15, -0.1) is 0 Å². The van der Waals surface area contributed by atoms with Crippen LogP contribution < -0.4 is 10.7 Å². The third kappa shape index (κ3) is 3.80. The predicted molar refractivity (Wildman–Crippen MR) is 73.4 cm³/mol. The number of hydrogen-bond donors (Lipinski definition) is 2. The summed E-state index contributed by atoms with van der Waals surface area (Å²) >= 11 is 0. The molecule has 18 heavy (non-hydrogen) atoms. The highest BCUT2D eigenvalue weighted by molar-refractivity contribution is 5.87. The van der Waals surface area contributed by atoms with E-state index in [0.29, 0.717) is 5.92 Å². The molecule has 1 saturated heterocycles. The minimum absolute atomic E-state index is 0.123. The van der Waals surface area contributed by atoms with Gasteiger partial charge < -0.3 is 5.32 Å². The maximum absolute atomic E-state index is 12.0. The van der Waals surface area contributed by atoms with Crippen LogP contribution in [0.25, 0.3) is 0 Å². The predicted octanol–water partition coefficient (Wildman–Crippen LogP) is 2.06. The quantitative estimate of drug-likeness (QED) is 0.596. The maximum atomic E-state index is 12.0. The average molecular weight is 251 g/mol. The molecule has 1 amide bonds. The highest BCUT2D eigenvalue weighted by Gasteiger charge is 2.21. The van der Waals surface area contributed by atoms with E-state index in [1.54, 1.807) is 0 Å². The number of hydrazone groups is 1. The van der Waals surface area contributed by atoms with Gasteiger partial charge in [0.25, 0.3) is 0 Å². The second-order valence-corrected chi connectivity index (χ2v) is 5.61. The molecular formula is C14H25N3O. The summed E-state index contributed by atoms with van der Waals surface area (Å²) in [6.45, 7) is 4.13. The van der Waals surface area contributed by atoms with Gasteiger partial charge in [-0.3, -0.25) is 4.79 Å². The molecule has 1 heterocycles. The van der Waals surface area contributed by atoms with Crippen molar-refractivity contribution < 1.29 is 4.79 Å². The SMILES string of the molecule is C/C(=N\NC(=O)C1CCCCC1)C1CCCNC1. The van der Waals surface area contributed by atoms with Crippen molar-refractivity contribution in [1.29, 1.82) is 0 Å². The first kappa shape index (κ1) is 13.5. The molecule has 2 rings (SSSR count). The lowest BCUT2D eigenvalue weighted by atomic mass is 9.89. The molecule has 102 valence electrons. The minimum Gasteiger partial charge on any atom is -0.316 e. The number of hydrogen-bond acceptors (Lipinski definition) is 3. The van der Waals surface area contributed by atoms with Crippen LogP contribution >= 0.6 is 0 Å². The molecule has 1 aliphatic carbocycles. The van der Waals surface area contributed by atoms with E-state index in [1.807, 2.05) is 6.92 Å². The zero-order valence-electron chi connectivity index (χ0n) is 11.4. The molecule has 0 spiro atoms. The smallest absolute Gasteiger partial charge is 0.243 e. The zero-order chi connectivity index (χ0) is 12.8. The third-order valence-corrected chi connectivity index (χ3v) is 4.21. The van der Waals surface area contributed by atoms with Gasteiger partial charge in [0.2, 0.25) is 5.91 Å². The van der Waals surface area contributed by atoms with Crippen LogP contribution in [-0.4, -0.2) is 24.7 Å². The summed E-state index contributed by atoms with van der Waals surface area (Å²) in [5.74, 6) is 0.808. The Bertz CT molecular complexity index is 302. The summed E-state index contributed by atoms with van der Waals surface area (Å²) in [6.07, 6.45) is 8.10. The zero-order valence-corrected chi connectivity index (χ0v) is 11.4. The van der Waals surface area contributed by atoms with Gasteiger partial charge in [-0.25, -0.2) is 5.43 Å². The molecule has 0 bridgehead atoms. The first-order valence-electron chi connectivity index (χ1n) is 7.32. The number of carbonyl (C=O) groups excluding carboxylic acids is 1. The second-order valence-electron chi connectivity index (χ2n) is 5.61. The number of rotatable bonds is 3. The molecule has 1 saturated carbocycles. The molecular weight excluding hydrogens is 226 g/mol.